The monoisotopic (exact) mass is 212 g/mol. The molecule has 1 rings (SSSR count). The second kappa shape index (κ2) is 4.70. The minimum atomic E-state index is -0.935. The number of carboxylic acid groups (broad SMARTS) is 1. The van der Waals surface area contributed by atoms with Crippen molar-refractivity contribution in [2.75, 3.05) is 26.7 Å². The predicted molar refractivity (Wildman–Crippen MR) is 51.0 cm³/mol. The van der Waals surface area contributed by atoms with E-state index in [0.29, 0.717) is 6.54 Å². The first-order chi connectivity index (χ1) is 7.00. The van der Waals surface area contributed by atoms with E-state index in [4.69, 9.17) is 5.11 Å². The van der Waals surface area contributed by atoms with E-state index in [9.17, 15) is 14.4 Å². The molecule has 0 aliphatic carbocycles. The van der Waals surface area contributed by atoms with Crippen LogP contribution in [0.4, 0.5) is 0 Å². The second-order valence-corrected chi connectivity index (χ2v) is 3.29. The van der Waals surface area contributed by atoms with Crippen LogP contribution in [-0.4, -0.2) is 59.4 Å². The number of rotatable bonds is 5. The van der Waals surface area contributed by atoms with Gasteiger partial charge in [0.25, 0.3) is 11.8 Å². The summed E-state index contributed by atoms with van der Waals surface area (Å²) in [5, 5.41) is 8.48. The van der Waals surface area contributed by atoms with Gasteiger partial charge < -0.3 is 5.11 Å². The highest BCUT2D eigenvalue weighted by molar-refractivity contribution is 6.12. The molecule has 82 valence electrons. The largest absolute Gasteiger partial charge is 0.480 e. The lowest BCUT2D eigenvalue weighted by Crippen LogP contribution is -2.38. The normalized spacial score (nSPS) is 15.5. The summed E-state index contributed by atoms with van der Waals surface area (Å²) in [6.07, 6.45) is 2.42. The number of imide groups is 1. The van der Waals surface area contributed by atoms with Gasteiger partial charge in [-0.2, -0.15) is 0 Å². The zero-order chi connectivity index (χ0) is 11.4. The highest BCUT2D eigenvalue weighted by Gasteiger charge is 2.23. The Morgan fingerprint density at radius 3 is 2.40 bits per heavy atom. The van der Waals surface area contributed by atoms with Crippen LogP contribution in [-0.2, 0) is 14.4 Å². The smallest absolute Gasteiger partial charge is 0.317 e. The van der Waals surface area contributed by atoms with Crippen LogP contribution in [0.3, 0.4) is 0 Å². The highest BCUT2D eigenvalue weighted by Crippen LogP contribution is 2.02. The Morgan fingerprint density at radius 2 is 1.93 bits per heavy atom. The molecule has 0 saturated heterocycles. The lowest BCUT2D eigenvalue weighted by Gasteiger charge is -2.18. The van der Waals surface area contributed by atoms with Crippen LogP contribution >= 0.6 is 0 Å². The zero-order valence-corrected chi connectivity index (χ0v) is 8.34. The fourth-order valence-electron chi connectivity index (χ4n) is 1.23. The molecule has 0 bridgehead atoms. The Kier molecular flexibility index (Phi) is 3.56. The van der Waals surface area contributed by atoms with Crippen molar-refractivity contribution >= 4 is 17.8 Å². The number of carboxylic acids is 1. The van der Waals surface area contributed by atoms with Crippen molar-refractivity contribution in [2.24, 2.45) is 0 Å². The van der Waals surface area contributed by atoms with Crippen molar-refractivity contribution in [3.8, 4) is 0 Å². The quantitative estimate of drug-likeness (QED) is 0.587. The molecule has 0 unspecified atom stereocenters. The highest BCUT2D eigenvalue weighted by atomic mass is 16.4. The number of carbonyl (C=O) groups is 3. The molecule has 6 nitrogen and oxygen atoms in total. The molecule has 1 aliphatic heterocycles. The molecule has 0 radical (unpaired) electrons. The number of nitrogens with zero attached hydrogens (tertiary/aromatic N) is 2. The van der Waals surface area contributed by atoms with Crippen LogP contribution in [0.15, 0.2) is 12.2 Å². The average Bonchev–Trinajstić information content (AvgIpc) is 2.42. The van der Waals surface area contributed by atoms with Crippen LogP contribution in [0.1, 0.15) is 0 Å². The maximum absolute atomic E-state index is 11.1. The van der Waals surface area contributed by atoms with Crippen LogP contribution in [0.25, 0.3) is 0 Å². The van der Waals surface area contributed by atoms with E-state index >= 15 is 0 Å². The molecule has 6 heteroatoms. The number of likely N-dealkylation sites (N-methyl/N-ethyl adjacent to an activating group) is 1. The third-order valence-electron chi connectivity index (χ3n) is 2.01. The summed E-state index contributed by atoms with van der Waals surface area (Å²) in [4.78, 5) is 35.1. The first-order valence-corrected chi connectivity index (χ1v) is 4.44. The molecule has 1 N–H and O–H groups in total. The van der Waals surface area contributed by atoms with Gasteiger partial charge >= 0.3 is 5.97 Å². The Labute approximate surface area is 86.8 Å². The molecule has 0 aromatic heterocycles. The van der Waals surface area contributed by atoms with Crippen LogP contribution in [0.5, 0.6) is 0 Å². The summed E-state index contributed by atoms with van der Waals surface area (Å²) < 4.78 is 0. The van der Waals surface area contributed by atoms with E-state index in [1.807, 2.05) is 0 Å². The first kappa shape index (κ1) is 11.4. The van der Waals surface area contributed by atoms with Gasteiger partial charge in [0.05, 0.1) is 6.54 Å². The third-order valence-corrected chi connectivity index (χ3v) is 2.01. The van der Waals surface area contributed by atoms with Crippen molar-refractivity contribution in [3.05, 3.63) is 12.2 Å². The molecule has 0 aromatic rings. The molecule has 0 spiro atoms. The minimum Gasteiger partial charge on any atom is -0.480 e. The van der Waals surface area contributed by atoms with E-state index in [0.717, 1.165) is 4.90 Å². The van der Waals surface area contributed by atoms with Gasteiger partial charge in [0.15, 0.2) is 0 Å². The van der Waals surface area contributed by atoms with Crippen molar-refractivity contribution < 1.29 is 19.5 Å². The SMILES string of the molecule is CN(CCN1C(=O)C=CC1=O)CC(=O)O. The van der Waals surface area contributed by atoms with Gasteiger partial charge in [-0.05, 0) is 7.05 Å². The standard InChI is InChI=1S/C9H12N2O4/c1-10(6-9(14)15)4-5-11-7(12)2-3-8(11)13/h2-3H,4-6H2,1H3,(H,14,15). The molecule has 0 fully saturated rings. The van der Waals surface area contributed by atoms with E-state index in [2.05, 4.69) is 0 Å². The van der Waals surface area contributed by atoms with Gasteiger partial charge in [0, 0.05) is 25.2 Å². The molecule has 0 saturated carbocycles. The fourth-order valence-corrected chi connectivity index (χ4v) is 1.23. The fraction of sp³-hybridized carbons (Fsp3) is 0.444. The maximum Gasteiger partial charge on any atom is 0.317 e. The van der Waals surface area contributed by atoms with Crippen molar-refractivity contribution in [1.82, 2.24) is 9.80 Å². The van der Waals surface area contributed by atoms with Gasteiger partial charge in [0.2, 0.25) is 0 Å². The van der Waals surface area contributed by atoms with Gasteiger partial charge in [-0.25, -0.2) is 0 Å². The number of hydrogen-bond donors (Lipinski definition) is 1. The Balaban J connectivity index is 2.34. The summed E-state index contributed by atoms with van der Waals surface area (Å²) in [6, 6.07) is 0. The maximum atomic E-state index is 11.1. The summed E-state index contributed by atoms with van der Waals surface area (Å²) in [6.45, 7) is 0.462. The Morgan fingerprint density at radius 1 is 1.40 bits per heavy atom. The topological polar surface area (TPSA) is 77.9 Å². The van der Waals surface area contributed by atoms with Gasteiger partial charge in [-0.1, -0.05) is 0 Å². The molecule has 15 heavy (non-hydrogen) atoms. The van der Waals surface area contributed by atoms with E-state index in [1.165, 1.54) is 17.1 Å². The summed E-state index contributed by atoms with van der Waals surface area (Å²) in [7, 11) is 1.62. The van der Waals surface area contributed by atoms with Crippen LogP contribution in [0, 0.1) is 0 Å². The summed E-state index contributed by atoms with van der Waals surface area (Å²) in [5.74, 6) is -1.62. The lowest BCUT2D eigenvalue weighted by molar-refractivity contribution is -0.138. The zero-order valence-electron chi connectivity index (χ0n) is 8.34. The van der Waals surface area contributed by atoms with Crippen molar-refractivity contribution in [1.29, 1.82) is 0 Å². The number of amides is 2. The Hall–Kier alpha value is -1.69. The second-order valence-electron chi connectivity index (χ2n) is 3.29. The third kappa shape index (κ3) is 3.17. The average molecular weight is 212 g/mol. The molecule has 2 amide bonds. The molecule has 1 heterocycles. The molecule has 0 atom stereocenters. The molecule has 0 aromatic carbocycles. The van der Waals surface area contributed by atoms with Crippen molar-refractivity contribution in [2.45, 2.75) is 0 Å². The van der Waals surface area contributed by atoms with Gasteiger partial charge in [0.1, 0.15) is 0 Å². The molecular weight excluding hydrogens is 200 g/mol. The molecule has 1 aliphatic rings. The van der Waals surface area contributed by atoms with Crippen molar-refractivity contribution in [3.63, 3.8) is 0 Å². The lowest BCUT2D eigenvalue weighted by atomic mass is 10.4. The number of hydrogen-bond acceptors (Lipinski definition) is 4. The summed E-state index contributed by atoms with van der Waals surface area (Å²) >= 11 is 0. The van der Waals surface area contributed by atoms with E-state index < -0.39 is 5.97 Å². The predicted octanol–water partition coefficient (Wildman–Crippen LogP) is -1.07. The van der Waals surface area contributed by atoms with E-state index in [1.54, 1.807) is 7.05 Å². The summed E-state index contributed by atoms with van der Waals surface area (Å²) in [5.41, 5.74) is 0. The van der Waals surface area contributed by atoms with E-state index in [-0.39, 0.29) is 24.9 Å². The Bertz CT molecular complexity index is 306. The number of carbonyl (C=O) groups excluding carboxylic acids is 2. The number of aliphatic carboxylic acids is 1. The van der Waals surface area contributed by atoms with Gasteiger partial charge in [-0.15, -0.1) is 0 Å². The van der Waals surface area contributed by atoms with Crippen LogP contribution in [0.2, 0.25) is 0 Å². The van der Waals surface area contributed by atoms with Gasteiger partial charge in [-0.3, -0.25) is 24.2 Å². The first-order valence-electron chi connectivity index (χ1n) is 4.44. The van der Waals surface area contributed by atoms with Crippen LogP contribution < -0.4 is 0 Å². The minimum absolute atomic E-state index is 0.107. The molecular formula is C9H12N2O4.